The Bertz CT molecular complexity index is 3130. The third-order valence-corrected chi connectivity index (χ3v) is 16.3. The number of hydrogen-bond acceptors (Lipinski definition) is 14. The molecule has 1 aromatic rings. The van der Waals surface area contributed by atoms with Crippen LogP contribution in [-0.2, 0) is 67.8 Å². The van der Waals surface area contributed by atoms with Crippen LogP contribution in [0.4, 0.5) is 4.79 Å². The summed E-state index contributed by atoms with van der Waals surface area (Å²) in [4.78, 5) is 14.6. The topological polar surface area (TPSA) is 389 Å². The molecule has 0 spiro atoms. The summed E-state index contributed by atoms with van der Waals surface area (Å²) in [6.07, 6.45) is 2.72. The molecule has 1 aromatic heterocycles. The van der Waals surface area contributed by atoms with E-state index in [1.54, 1.807) is 0 Å². The van der Waals surface area contributed by atoms with Gasteiger partial charge in [0.15, 0.2) is 0 Å². The van der Waals surface area contributed by atoms with Crippen LogP contribution in [0.15, 0.2) is 109 Å². The molecule has 24 nitrogen and oxygen atoms in total. The van der Waals surface area contributed by atoms with Crippen molar-refractivity contribution in [3.05, 3.63) is 115 Å². The molecule has 314 valence electrons. The number of quaternary nitrogens is 1. The number of likely N-dealkylation sites (N-methyl/N-ethyl adjacent to an activating group) is 1. The van der Waals surface area contributed by atoms with E-state index in [2.05, 4.69) is 0 Å². The van der Waals surface area contributed by atoms with Gasteiger partial charge in [-0.1, -0.05) is 0 Å². The van der Waals surface area contributed by atoms with E-state index in [4.69, 9.17) is 0 Å². The number of carbonyl (C=O) groups is 2. The molecule has 0 saturated heterocycles. The van der Waals surface area contributed by atoms with Gasteiger partial charge in [0.25, 0.3) is 50.2 Å². The Morgan fingerprint density at radius 3 is 1.66 bits per heavy atom. The Hall–Kier alpha value is -4.44. The van der Waals surface area contributed by atoms with Crippen molar-refractivity contribution in [2.24, 2.45) is 7.05 Å². The van der Waals surface area contributed by atoms with Gasteiger partial charge in [-0.25, -0.2) is 14.1 Å². The first-order chi connectivity index (χ1) is 26.1. The van der Waals surface area contributed by atoms with Crippen LogP contribution in [0.3, 0.4) is 0 Å². The second-order valence-corrected chi connectivity index (χ2v) is 22.0. The van der Waals surface area contributed by atoms with E-state index in [1.165, 1.54) is 0 Å². The van der Waals surface area contributed by atoms with Crippen LogP contribution in [0.5, 0.6) is 0 Å². The van der Waals surface area contributed by atoms with E-state index in [0.717, 1.165) is 29.9 Å². The highest BCUT2D eigenvalue weighted by molar-refractivity contribution is 7.91. The van der Waals surface area contributed by atoms with Crippen LogP contribution in [0.2, 0.25) is 0 Å². The van der Waals surface area contributed by atoms with Gasteiger partial charge in [-0.2, -0.15) is 50.5 Å². The molecule has 1 aliphatic heterocycles. The highest BCUT2D eigenvalue weighted by atomic mass is 32.2. The van der Waals surface area contributed by atoms with Crippen molar-refractivity contribution in [3.8, 4) is 0 Å². The number of urea groups is 1. The zero-order valence-electron chi connectivity index (χ0n) is 28.7. The molecule has 0 fully saturated rings. The number of rotatable bonds is 7. The summed E-state index contributed by atoms with van der Waals surface area (Å²) in [6.45, 7) is 0. The van der Waals surface area contributed by atoms with Gasteiger partial charge >= 0.3 is 32.2 Å². The number of nitrogens with one attached hydrogen (secondary N) is 2. The number of aromatic nitrogens is 1. The lowest BCUT2D eigenvalue weighted by atomic mass is 9.80. The van der Waals surface area contributed by atoms with Gasteiger partial charge < -0.3 is 15.2 Å². The van der Waals surface area contributed by atoms with Crippen LogP contribution >= 0.6 is 0 Å². The average molecular weight is 932 g/mol. The van der Waals surface area contributed by atoms with Gasteiger partial charge in [0.1, 0.15) is 10.6 Å². The lowest BCUT2D eigenvalue weighted by Crippen LogP contribution is -2.79. The van der Waals surface area contributed by atoms with Gasteiger partial charge in [0, 0.05) is 42.6 Å². The van der Waals surface area contributed by atoms with Crippen LogP contribution in [0.1, 0.15) is 10.5 Å². The number of carbonyl (C=O) groups excluding carboxylic acids is 2. The quantitative estimate of drug-likeness (QED) is 0.116. The average Bonchev–Trinajstić information content (AvgIpc) is 3.48. The third kappa shape index (κ3) is 6.31. The third-order valence-electron chi connectivity index (χ3n) is 10.00. The zero-order valence-corrected chi connectivity index (χ0v) is 33.6. The van der Waals surface area contributed by atoms with Crippen molar-refractivity contribution < 1.29 is 91.9 Å². The van der Waals surface area contributed by atoms with Gasteiger partial charge in [-0.05, 0) is 53.7 Å². The van der Waals surface area contributed by atoms with E-state index in [0.29, 0.717) is 24.3 Å². The molecule has 5 atom stereocenters. The number of allylic oxidation sites excluding steroid dienone is 4. The fourth-order valence-electron chi connectivity index (χ4n) is 7.42. The number of amides is 3. The predicted molar refractivity (Wildman–Crippen MR) is 195 cm³/mol. The molecule has 30 heteroatoms. The molecular weight excluding hydrogens is 905 g/mol. The maximum absolute atomic E-state index is 15.4. The lowest BCUT2D eigenvalue weighted by Gasteiger charge is -2.55. The molecule has 6 rings (SSSR count). The summed E-state index contributed by atoms with van der Waals surface area (Å²) in [5.74, 6) is -1.93. The number of fused-ring (bicyclic) bond motifs is 1. The first kappa shape index (κ1) is 43.1. The second-order valence-electron chi connectivity index (χ2n) is 13.2. The minimum Gasteiger partial charge on any atom is -0.343 e. The smallest absolute Gasteiger partial charge is 0.343 e. The Labute approximate surface area is 328 Å². The van der Waals surface area contributed by atoms with Gasteiger partial charge in [-0.3, -0.25) is 27.3 Å². The van der Waals surface area contributed by atoms with E-state index < -0.39 is 147 Å². The van der Waals surface area contributed by atoms with E-state index in [-0.39, 0.29) is 31.4 Å². The van der Waals surface area contributed by atoms with E-state index in [9.17, 15) is 82.6 Å². The first-order valence-electron chi connectivity index (χ1n) is 15.3. The van der Waals surface area contributed by atoms with Gasteiger partial charge in [-0.15, -0.1) is 0 Å². The largest absolute Gasteiger partial charge is 0.365 e. The Morgan fingerprint density at radius 2 is 1.21 bits per heavy atom. The fraction of sp³-hybridized carbons (Fsp3) is 0.214. The van der Waals surface area contributed by atoms with Crippen molar-refractivity contribution in [1.82, 2.24) is 15.2 Å². The predicted octanol–water partition coefficient (Wildman–Crippen LogP) is -1.32. The molecule has 0 saturated carbocycles. The summed E-state index contributed by atoms with van der Waals surface area (Å²) in [5.41, 5.74) is -5.23. The van der Waals surface area contributed by atoms with Gasteiger partial charge in [0.2, 0.25) is 0 Å². The molecule has 0 radical (unpaired) electrons. The Kier molecular flexibility index (Phi) is 9.51. The summed E-state index contributed by atoms with van der Waals surface area (Å²) in [6, 6.07) is -4.12. The highest BCUT2D eigenvalue weighted by Gasteiger charge is 2.77. The van der Waals surface area contributed by atoms with Crippen molar-refractivity contribution in [3.63, 3.8) is 0 Å². The molecule has 8 N–H and O–H groups in total. The maximum atomic E-state index is 15.4. The molecule has 5 unspecified atom stereocenters. The van der Waals surface area contributed by atoms with Crippen molar-refractivity contribution in [2.75, 3.05) is 7.05 Å². The summed E-state index contributed by atoms with van der Waals surface area (Å²) >= 11 is 0. The van der Waals surface area contributed by atoms with Crippen molar-refractivity contribution in [2.45, 2.75) is 21.8 Å². The Morgan fingerprint density at radius 1 is 0.690 bits per heavy atom. The molecule has 6 bridgehead atoms. The zero-order chi connectivity index (χ0) is 43.8. The molecule has 2 heterocycles. The summed E-state index contributed by atoms with van der Waals surface area (Å²) < 4.78 is 222. The number of aryl methyl sites for hydroxylation is 1. The molecule has 4 aliphatic carbocycles. The fourth-order valence-corrected chi connectivity index (χ4v) is 12.8. The minimum absolute atomic E-state index is 0.157. The van der Waals surface area contributed by atoms with Crippen LogP contribution < -0.4 is 10.6 Å². The van der Waals surface area contributed by atoms with E-state index in [1.807, 2.05) is 10.6 Å². The normalized spacial score (nSPS) is 29.2. The monoisotopic (exact) mass is 931 g/mol. The number of hydrogen-bond donors (Lipinski definition) is 8. The molecule has 5 aliphatic rings. The standard InChI is InChI=1S/C28H26N4O20S6/c1-31-5-3-4-23(31)25(33)32(2)27(57(47,48)49)12-19-17(24(13-27)56(44,45)46)6-14(53(35,36)37)9-22(19)30-26(34)29-21-10-15(54(38,39)40)8-20-18(21)7-16(55(41,42)43)11-28(20,32)58(50,51)52/h3-13,21-22H,1-2H3,(H7-,29,30,34,35,36,37,38,39,40,41,42,43,44,45,46,47,48,49,50,51,52)/p+1. The van der Waals surface area contributed by atoms with Gasteiger partial charge in [0.05, 0.1) is 33.8 Å². The molecule has 3 amide bonds. The summed E-state index contributed by atoms with van der Waals surface area (Å²) in [5, 5.41) is 4.09. The second kappa shape index (κ2) is 12.8. The SMILES string of the molecule is Cn1cccc1C(=O)[N+]1(C)C2(S(=O)(=O)O)C=C3C(=CC(S(=O)(=O)O)=CC3NC(=O)NC3C=C(S(=O)(=O)O)C=C4C3=CC(S(=O)(=O)O)=CC41S(=O)(=O)O)C(S(=O)(=O)O)=C2. The lowest BCUT2D eigenvalue weighted by molar-refractivity contribution is -0.876. The maximum Gasteiger partial charge on any atom is 0.365 e. The molecule has 58 heavy (non-hydrogen) atoms. The van der Waals surface area contributed by atoms with Crippen LogP contribution in [-0.4, -0.2) is 128 Å². The number of nitrogens with zero attached hydrogens (tertiary/aromatic N) is 2. The Balaban J connectivity index is 2.04. The molecular formula is C28H27N4O20S6+. The van der Waals surface area contributed by atoms with E-state index >= 15 is 4.79 Å². The first-order valence-corrected chi connectivity index (χ1v) is 24.0. The van der Waals surface area contributed by atoms with Crippen molar-refractivity contribution >= 4 is 72.6 Å². The van der Waals surface area contributed by atoms with Crippen LogP contribution in [0, 0.1) is 0 Å². The minimum atomic E-state index is -6.66. The van der Waals surface area contributed by atoms with Crippen molar-refractivity contribution in [1.29, 1.82) is 0 Å². The van der Waals surface area contributed by atoms with Crippen LogP contribution in [0.25, 0.3) is 0 Å². The highest BCUT2D eigenvalue weighted by Crippen LogP contribution is 2.56. The molecule has 0 aromatic carbocycles. The summed E-state index contributed by atoms with van der Waals surface area (Å²) in [7, 11) is -34.8.